The summed E-state index contributed by atoms with van der Waals surface area (Å²) in [5.41, 5.74) is -0.489. The minimum Gasteiger partial charge on any atom is -0.468 e. The van der Waals surface area contributed by atoms with Gasteiger partial charge in [-0.05, 0) is 13.8 Å². The first-order valence-electron chi connectivity index (χ1n) is 4.63. The predicted octanol–water partition coefficient (Wildman–Crippen LogP) is 0.265. The molecule has 0 aromatic heterocycles. The molecular weight excluding hydrogens is 204 g/mol. The first-order valence-corrected chi connectivity index (χ1v) is 4.63. The molecule has 0 radical (unpaired) electrons. The lowest BCUT2D eigenvalue weighted by Crippen LogP contribution is -2.57. The molecule has 0 saturated carbocycles. The Morgan fingerprint density at radius 2 is 1.86 bits per heavy atom. The summed E-state index contributed by atoms with van der Waals surface area (Å²) in [4.78, 5) is 13.6. The van der Waals surface area contributed by atoms with Gasteiger partial charge in [-0.25, -0.2) is 0 Å². The van der Waals surface area contributed by atoms with Crippen molar-refractivity contribution in [1.82, 2.24) is 10.2 Å². The second-order valence-electron chi connectivity index (χ2n) is 3.79. The van der Waals surface area contributed by atoms with Crippen molar-refractivity contribution in [3.8, 4) is 0 Å². The molecule has 0 spiro atoms. The van der Waals surface area contributed by atoms with Crippen molar-refractivity contribution in [2.75, 3.05) is 33.3 Å². The minimum atomic E-state index is -0.489. The van der Waals surface area contributed by atoms with Gasteiger partial charge in [0.05, 0.1) is 7.11 Å². The zero-order chi connectivity index (χ0) is 9.90. The van der Waals surface area contributed by atoms with Crippen LogP contribution < -0.4 is 5.32 Å². The molecule has 1 heterocycles. The van der Waals surface area contributed by atoms with E-state index in [-0.39, 0.29) is 18.4 Å². The molecule has 5 heteroatoms. The van der Waals surface area contributed by atoms with Crippen LogP contribution in [0.2, 0.25) is 0 Å². The van der Waals surface area contributed by atoms with E-state index in [4.69, 9.17) is 4.74 Å². The van der Waals surface area contributed by atoms with Gasteiger partial charge in [-0.2, -0.15) is 0 Å². The highest BCUT2D eigenvalue weighted by atomic mass is 35.5. The Labute approximate surface area is 91.4 Å². The highest BCUT2D eigenvalue weighted by molar-refractivity contribution is 5.85. The summed E-state index contributed by atoms with van der Waals surface area (Å²) in [5, 5.41) is 3.25. The first kappa shape index (κ1) is 13.7. The third kappa shape index (κ3) is 2.83. The Morgan fingerprint density at radius 1 is 1.36 bits per heavy atom. The van der Waals surface area contributed by atoms with Gasteiger partial charge in [-0.3, -0.25) is 9.69 Å². The lowest BCUT2D eigenvalue weighted by atomic mass is 10.0. The molecule has 1 aliphatic heterocycles. The number of carbonyl (C=O) groups is 1. The fourth-order valence-corrected chi connectivity index (χ4v) is 1.60. The molecule has 1 aliphatic rings. The van der Waals surface area contributed by atoms with Gasteiger partial charge in [0, 0.05) is 26.2 Å². The van der Waals surface area contributed by atoms with Crippen molar-refractivity contribution < 1.29 is 9.53 Å². The predicted molar refractivity (Wildman–Crippen MR) is 57.8 cm³/mol. The Kier molecular flexibility index (Phi) is 5.41. The summed E-state index contributed by atoms with van der Waals surface area (Å²) >= 11 is 0. The molecule has 0 aromatic rings. The van der Waals surface area contributed by atoms with Crippen LogP contribution in [-0.4, -0.2) is 49.7 Å². The number of ether oxygens (including phenoxy) is 1. The monoisotopic (exact) mass is 222 g/mol. The fraction of sp³-hybridized carbons (Fsp3) is 0.889. The number of esters is 1. The Hall–Kier alpha value is -0.320. The van der Waals surface area contributed by atoms with Crippen LogP contribution >= 0.6 is 12.4 Å². The van der Waals surface area contributed by atoms with E-state index in [9.17, 15) is 4.79 Å². The molecule has 0 aromatic carbocycles. The number of hydrogen-bond acceptors (Lipinski definition) is 4. The molecule has 1 rings (SSSR count). The zero-order valence-electron chi connectivity index (χ0n) is 9.00. The van der Waals surface area contributed by atoms with Gasteiger partial charge in [-0.1, -0.05) is 0 Å². The van der Waals surface area contributed by atoms with Crippen LogP contribution in [0.3, 0.4) is 0 Å². The molecule has 84 valence electrons. The van der Waals surface area contributed by atoms with E-state index in [1.165, 1.54) is 7.11 Å². The molecule has 4 nitrogen and oxygen atoms in total. The Balaban J connectivity index is 0.00000169. The highest BCUT2D eigenvalue weighted by Crippen LogP contribution is 2.16. The van der Waals surface area contributed by atoms with Crippen molar-refractivity contribution in [2.45, 2.75) is 19.4 Å². The third-order valence-electron chi connectivity index (χ3n) is 2.59. The van der Waals surface area contributed by atoms with Crippen molar-refractivity contribution >= 4 is 18.4 Å². The van der Waals surface area contributed by atoms with Crippen LogP contribution in [0.1, 0.15) is 13.8 Å². The topological polar surface area (TPSA) is 41.6 Å². The number of halogens is 1. The average Bonchev–Trinajstić information content (AvgIpc) is 2.18. The van der Waals surface area contributed by atoms with Gasteiger partial charge >= 0.3 is 5.97 Å². The standard InChI is InChI=1S/C9H18N2O2.ClH/c1-9(2,8(12)13-3)11-6-4-10-5-7-11;/h10H,4-7H2,1-3H3;1H. The largest absolute Gasteiger partial charge is 0.468 e. The fourth-order valence-electron chi connectivity index (χ4n) is 1.60. The van der Waals surface area contributed by atoms with Crippen LogP contribution in [0.25, 0.3) is 0 Å². The molecule has 0 aliphatic carbocycles. The number of rotatable bonds is 2. The van der Waals surface area contributed by atoms with E-state index in [2.05, 4.69) is 10.2 Å². The number of methoxy groups -OCH3 is 1. The van der Waals surface area contributed by atoms with E-state index < -0.39 is 5.54 Å². The average molecular weight is 223 g/mol. The van der Waals surface area contributed by atoms with Crippen LogP contribution in [0.4, 0.5) is 0 Å². The van der Waals surface area contributed by atoms with Gasteiger partial charge in [0.25, 0.3) is 0 Å². The molecular formula is C9H19ClN2O2. The molecule has 0 bridgehead atoms. The molecule has 1 saturated heterocycles. The summed E-state index contributed by atoms with van der Waals surface area (Å²) in [5.74, 6) is -0.158. The van der Waals surface area contributed by atoms with Gasteiger partial charge in [-0.15, -0.1) is 12.4 Å². The Morgan fingerprint density at radius 3 is 2.29 bits per heavy atom. The van der Waals surface area contributed by atoms with E-state index >= 15 is 0 Å². The smallest absolute Gasteiger partial charge is 0.325 e. The molecule has 1 N–H and O–H groups in total. The molecule has 14 heavy (non-hydrogen) atoms. The lowest BCUT2D eigenvalue weighted by molar-refractivity contribution is -0.153. The lowest BCUT2D eigenvalue weighted by Gasteiger charge is -2.38. The Bertz CT molecular complexity index is 191. The normalized spacial score (nSPS) is 18.5. The van der Waals surface area contributed by atoms with Crippen molar-refractivity contribution in [1.29, 1.82) is 0 Å². The number of hydrogen-bond donors (Lipinski definition) is 1. The summed E-state index contributed by atoms with van der Waals surface area (Å²) in [6.07, 6.45) is 0. The van der Waals surface area contributed by atoms with Crippen molar-refractivity contribution in [3.05, 3.63) is 0 Å². The molecule has 0 amide bonds. The van der Waals surface area contributed by atoms with E-state index in [0.717, 1.165) is 26.2 Å². The minimum absolute atomic E-state index is 0. The molecule has 0 unspecified atom stereocenters. The van der Waals surface area contributed by atoms with Gasteiger partial charge in [0.2, 0.25) is 0 Å². The summed E-state index contributed by atoms with van der Waals surface area (Å²) < 4.78 is 4.77. The summed E-state index contributed by atoms with van der Waals surface area (Å²) in [6.45, 7) is 7.51. The van der Waals surface area contributed by atoms with Crippen LogP contribution in [0.15, 0.2) is 0 Å². The molecule has 1 fully saturated rings. The highest BCUT2D eigenvalue weighted by Gasteiger charge is 2.35. The van der Waals surface area contributed by atoms with Crippen LogP contribution in [0.5, 0.6) is 0 Å². The number of piperazine rings is 1. The van der Waals surface area contributed by atoms with Gasteiger partial charge < -0.3 is 10.1 Å². The maximum absolute atomic E-state index is 11.4. The van der Waals surface area contributed by atoms with Gasteiger partial charge in [0.1, 0.15) is 5.54 Å². The number of nitrogens with zero attached hydrogens (tertiary/aromatic N) is 1. The number of carbonyl (C=O) groups excluding carboxylic acids is 1. The second-order valence-corrected chi connectivity index (χ2v) is 3.79. The quantitative estimate of drug-likeness (QED) is 0.681. The maximum Gasteiger partial charge on any atom is 0.325 e. The van der Waals surface area contributed by atoms with Crippen molar-refractivity contribution in [3.63, 3.8) is 0 Å². The summed E-state index contributed by atoms with van der Waals surface area (Å²) in [6, 6.07) is 0. The number of nitrogens with one attached hydrogen (secondary N) is 1. The first-order chi connectivity index (χ1) is 6.09. The molecule has 0 atom stereocenters. The van der Waals surface area contributed by atoms with E-state index in [1.807, 2.05) is 13.8 Å². The van der Waals surface area contributed by atoms with E-state index in [1.54, 1.807) is 0 Å². The second kappa shape index (κ2) is 5.53. The van der Waals surface area contributed by atoms with Crippen molar-refractivity contribution in [2.24, 2.45) is 0 Å². The summed E-state index contributed by atoms with van der Waals surface area (Å²) in [7, 11) is 1.44. The van der Waals surface area contributed by atoms with E-state index in [0.29, 0.717) is 0 Å². The van der Waals surface area contributed by atoms with Crippen LogP contribution in [0, 0.1) is 0 Å². The van der Waals surface area contributed by atoms with Gasteiger partial charge in [0.15, 0.2) is 0 Å². The van der Waals surface area contributed by atoms with Crippen LogP contribution in [-0.2, 0) is 9.53 Å². The zero-order valence-corrected chi connectivity index (χ0v) is 9.82. The SMILES string of the molecule is COC(=O)C(C)(C)N1CCNCC1.Cl. The maximum atomic E-state index is 11.4. The third-order valence-corrected chi connectivity index (χ3v) is 2.59.